The maximum atomic E-state index is 13.1. The molecule has 3 heterocycles. The van der Waals surface area contributed by atoms with Crippen molar-refractivity contribution in [3.05, 3.63) is 53.6 Å². The Hall–Kier alpha value is -4.18. The van der Waals surface area contributed by atoms with Gasteiger partial charge in [-0.25, -0.2) is 9.97 Å². The molecule has 1 aliphatic heterocycles. The highest BCUT2D eigenvalue weighted by atomic mass is 16.5. The van der Waals surface area contributed by atoms with Gasteiger partial charge in [-0.05, 0) is 48.7 Å². The molecule has 0 unspecified atom stereocenters. The van der Waals surface area contributed by atoms with Gasteiger partial charge in [0.15, 0.2) is 17.1 Å². The van der Waals surface area contributed by atoms with Crippen LogP contribution in [-0.4, -0.2) is 56.2 Å². The normalized spacial score (nSPS) is 16.2. The number of carbonyl (C=O) groups is 1. The van der Waals surface area contributed by atoms with Gasteiger partial charge in [-0.2, -0.15) is 9.78 Å². The molecule has 4 aromatic rings. The summed E-state index contributed by atoms with van der Waals surface area (Å²) in [5.41, 5.74) is 9.00. The molecular formula is C23H22N6O4. The van der Waals surface area contributed by atoms with Crippen molar-refractivity contribution in [2.75, 3.05) is 18.9 Å². The zero-order valence-electron chi connectivity index (χ0n) is 17.6. The first-order valence-electron chi connectivity index (χ1n) is 10.5. The third-order valence-corrected chi connectivity index (χ3v) is 5.54. The van der Waals surface area contributed by atoms with Crippen LogP contribution in [0, 0.1) is 0 Å². The third-order valence-electron chi connectivity index (χ3n) is 5.54. The van der Waals surface area contributed by atoms with E-state index in [1.807, 2.05) is 24.3 Å². The third kappa shape index (κ3) is 3.92. The summed E-state index contributed by atoms with van der Waals surface area (Å²) in [6, 6.07) is 11.6. The molecule has 5 rings (SSSR count). The van der Waals surface area contributed by atoms with E-state index >= 15 is 0 Å². The number of nitrogens with one attached hydrogen (secondary N) is 1. The maximum absolute atomic E-state index is 13.1. The van der Waals surface area contributed by atoms with Gasteiger partial charge in [0.2, 0.25) is 0 Å². The van der Waals surface area contributed by atoms with Crippen LogP contribution in [0.5, 0.6) is 11.5 Å². The zero-order chi connectivity index (χ0) is 22.9. The first kappa shape index (κ1) is 20.7. The van der Waals surface area contributed by atoms with Gasteiger partial charge in [-0.1, -0.05) is 12.1 Å². The van der Waals surface area contributed by atoms with Gasteiger partial charge < -0.3 is 26.0 Å². The second kappa shape index (κ2) is 8.40. The molecular weight excluding hydrogens is 424 g/mol. The van der Waals surface area contributed by atoms with Crippen LogP contribution in [0.2, 0.25) is 0 Å². The van der Waals surface area contributed by atoms with E-state index < -0.39 is 0 Å². The summed E-state index contributed by atoms with van der Waals surface area (Å²) in [5, 5.41) is 26.5. The molecule has 1 fully saturated rings. The number of nitrogens with two attached hydrogens (primary N) is 1. The van der Waals surface area contributed by atoms with Crippen molar-refractivity contribution in [3.8, 4) is 11.5 Å². The summed E-state index contributed by atoms with van der Waals surface area (Å²) < 4.78 is 6.93. The smallest absolute Gasteiger partial charge is 0.257 e. The minimum atomic E-state index is -0.381. The molecule has 0 spiro atoms. The summed E-state index contributed by atoms with van der Waals surface area (Å²) in [6.45, 7) is 1.07. The van der Waals surface area contributed by atoms with Gasteiger partial charge in [0.05, 0.1) is 23.4 Å². The summed E-state index contributed by atoms with van der Waals surface area (Å²) in [6.07, 6.45) is 3.29. The fraction of sp³-hybridized carbons (Fsp3) is 0.217. The van der Waals surface area contributed by atoms with Crippen LogP contribution in [0.1, 0.15) is 28.8 Å². The van der Waals surface area contributed by atoms with E-state index in [0.29, 0.717) is 40.9 Å². The van der Waals surface area contributed by atoms with E-state index in [9.17, 15) is 15.0 Å². The lowest BCUT2D eigenvalue weighted by molar-refractivity contribution is 0.0859. The van der Waals surface area contributed by atoms with Crippen LogP contribution in [0.25, 0.3) is 22.2 Å². The maximum Gasteiger partial charge on any atom is 0.257 e. The van der Waals surface area contributed by atoms with E-state index in [4.69, 9.17) is 10.5 Å². The Labute approximate surface area is 188 Å². The largest absolute Gasteiger partial charge is 0.504 e. The second-order valence-electron chi connectivity index (χ2n) is 7.79. The van der Waals surface area contributed by atoms with Gasteiger partial charge in [-0.3, -0.25) is 4.79 Å². The average molecular weight is 446 g/mol. The van der Waals surface area contributed by atoms with Gasteiger partial charge in [0.25, 0.3) is 5.91 Å². The van der Waals surface area contributed by atoms with Gasteiger partial charge in [0, 0.05) is 13.2 Å². The number of aromatic nitrogens is 3. The van der Waals surface area contributed by atoms with Crippen molar-refractivity contribution in [2.45, 2.75) is 18.9 Å². The predicted molar refractivity (Wildman–Crippen MR) is 124 cm³/mol. The summed E-state index contributed by atoms with van der Waals surface area (Å²) in [7, 11) is 0. The number of hydrogen-bond donors (Lipinski definition) is 4. The molecule has 0 bridgehead atoms. The Kier molecular flexibility index (Phi) is 5.27. The fourth-order valence-corrected chi connectivity index (χ4v) is 3.83. The molecule has 1 atom stereocenters. The number of fused-ring (bicyclic) bond motifs is 2. The van der Waals surface area contributed by atoms with Crippen molar-refractivity contribution < 1.29 is 19.7 Å². The Bertz CT molecular complexity index is 1390. The number of rotatable bonds is 5. The molecule has 2 aromatic carbocycles. The van der Waals surface area contributed by atoms with Crippen LogP contribution in [0.15, 0.2) is 47.6 Å². The van der Waals surface area contributed by atoms with Crippen LogP contribution in [-0.2, 0) is 4.74 Å². The molecule has 10 heteroatoms. The summed E-state index contributed by atoms with van der Waals surface area (Å²) in [5.74, 6) is -0.803. The highest BCUT2D eigenvalue weighted by molar-refractivity contribution is 6.10. The van der Waals surface area contributed by atoms with E-state index in [-0.39, 0.29) is 34.9 Å². The molecule has 0 radical (unpaired) electrons. The topological polar surface area (TPSA) is 148 Å². The summed E-state index contributed by atoms with van der Waals surface area (Å²) >= 11 is 0. The SMILES string of the molecule is Nc1c(C(=O)NC[C@@H]2CCCO2)c2nc3ccccc3nc2n1/N=C\c1ccc(O)c(O)c1. The van der Waals surface area contributed by atoms with Gasteiger partial charge in [0.1, 0.15) is 16.9 Å². The predicted octanol–water partition coefficient (Wildman–Crippen LogP) is 2.37. The van der Waals surface area contributed by atoms with Crippen molar-refractivity contribution in [1.29, 1.82) is 0 Å². The number of carbonyl (C=O) groups excluding carboxylic acids is 1. The molecule has 0 aliphatic carbocycles. The zero-order valence-corrected chi connectivity index (χ0v) is 17.6. The van der Waals surface area contributed by atoms with Gasteiger partial charge >= 0.3 is 0 Å². The Morgan fingerprint density at radius 2 is 2.00 bits per heavy atom. The van der Waals surface area contributed by atoms with Crippen molar-refractivity contribution in [1.82, 2.24) is 20.0 Å². The van der Waals surface area contributed by atoms with E-state index in [1.54, 1.807) is 6.07 Å². The standard InChI is InChI=1S/C23H22N6O4/c24-21-19(23(32)25-12-14-4-3-9-33-14)20-22(28-16-6-2-1-5-15(16)27-20)29(21)26-11-13-7-8-17(30)18(31)10-13/h1-2,5-8,10-11,14,30-31H,3-4,9,12,24H2,(H,25,32)/b26-11-/t14-/m0/s1. The Morgan fingerprint density at radius 1 is 1.21 bits per heavy atom. The van der Waals surface area contributed by atoms with Crippen LogP contribution >= 0.6 is 0 Å². The highest BCUT2D eigenvalue weighted by Gasteiger charge is 2.25. The monoisotopic (exact) mass is 446 g/mol. The quantitative estimate of drug-likeness (QED) is 0.272. The summed E-state index contributed by atoms with van der Waals surface area (Å²) in [4.78, 5) is 22.4. The Morgan fingerprint density at radius 3 is 2.73 bits per heavy atom. The molecule has 33 heavy (non-hydrogen) atoms. The van der Waals surface area contributed by atoms with Crippen LogP contribution < -0.4 is 11.1 Å². The molecule has 1 amide bonds. The first-order chi connectivity index (χ1) is 16.0. The molecule has 0 saturated carbocycles. The minimum Gasteiger partial charge on any atom is -0.504 e. The highest BCUT2D eigenvalue weighted by Crippen LogP contribution is 2.28. The van der Waals surface area contributed by atoms with Gasteiger partial charge in [-0.15, -0.1) is 0 Å². The number of anilines is 1. The Balaban J connectivity index is 1.59. The first-order valence-corrected chi connectivity index (χ1v) is 10.5. The number of nitrogen functional groups attached to an aromatic ring is 1. The number of ether oxygens (including phenoxy) is 1. The molecule has 1 aliphatic rings. The number of nitrogens with zero attached hydrogens (tertiary/aromatic N) is 4. The van der Waals surface area contributed by atoms with Crippen molar-refractivity contribution in [3.63, 3.8) is 0 Å². The van der Waals surface area contributed by atoms with Crippen molar-refractivity contribution >= 4 is 40.1 Å². The molecule has 10 nitrogen and oxygen atoms in total. The van der Waals surface area contributed by atoms with Crippen molar-refractivity contribution in [2.24, 2.45) is 5.10 Å². The number of hydrogen-bond acceptors (Lipinski definition) is 8. The van der Waals surface area contributed by atoms with Crippen LogP contribution in [0.4, 0.5) is 5.82 Å². The molecule has 168 valence electrons. The number of aromatic hydroxyl groups is 2. The second-order valence-corrected chi connectivity index (χ2v) is 7.79. The molecule has 1 saturated heterocycles. The lowest BCUT2D eigenvalue weighted by atomic mass is 10.2. The van der Waals surface area contributed by atoms with E-state index in [2.05, 4.69) is 20.4 Å². The molecule has 2 aromatic heterocycles. The van der Waals surface area contributed by atoms with E-state index in [1.165, 1.54) is 23.0 Å². The number of phenols is 2. The lowest BCUT2D eigenvalue weighted by Crippen LogP contribution is -2.32. The molecule has 5 N–H and O–H groups in total. The fourth-order valence-electron chi connectivity index (χ4n) is 3.83. The van der Waals surface area contributed by atoms with Crippen LogP contribution in [0.3, 0.4) is 0 Å². The minimum absolute atomic E-state index is 0.0179. The lowest BCUT2D eigenvalue weighted by Gasteiger charge is -2.10. The number of phenolic OH excluding ortho intramolecular Hbond substituents is 2. The average Bonchev–Trinajstić information content (AvgIpc) is 3.42. The number of amides is 1. The van der Waals surface area contributed by atoms with E-state index in [0.717, 1.165) is 12.8 Å². The number of para-hydroxylation sites is 2. The number of benzene rings is 2.